The topological polar surface area (TPSA) is 42.9 Å². The molecule has 0 aliphatic carbocycles. The molecule has 0 saturated carbocycles. The largest absolute Gasteiger partial charge is 0.357 e. The highest BCUT2D eigenvalue weighted by molar-refractivity contribution is 14.0. The smallest absolute Gasteiger partial charge is 0.191 e. The van der Waals surface area contributed by atoms with Crippen molar-refractivity contribution < 1.29 is 0 Å². The first-order valence-corrected chi connectivity index (χ1v) is 8.77. The zero-order valence-corrected chi connectivity index (χ0v) is 17.1. The number of aliphatic imine (C=N–C) groups is 1. The molecule has 0 radical (unpaired) electrons. The average molecular weight is 425 g/mol. The van der Waals surface area contributed by atoms with Crippen LogP contribution in [0.25, 0.3) is 0 Å². The van der Waals surface area contributed by atoms with Crippen LogP contribution in [0.1, 0.15) is 40.0 Å². The molecular formula is C16H36IN5. The molecule has 0 unspecified atom stereocenters. The third kappa shape index (κ3) is 9.84. The molecule has 0 spiro atoms. The number of unbranched alkanes of at least 4 members (excludes halogenated alkanes) is 1. The lowest BCUT2D eigenvalue weighted by atomic mass is 10.2. The SMILES string of the molecule is CCCN=C(NCC)NCCCCN1CCN(CC)CC1.I. The maximum Gasteiger partial charge on any atom is 0.191 e. The Morgan fingerprint density at radius 3 is 2.23 bits per heavy atom. The van der Waals surface area contributed by atoms with Gasteiger partial charge in [0.25, 0.3) is 0 Å². The van der Waals surface area contributed by atoms with Crippen molar-refractivity contribution in [2.24, 2.45) is 4.99 Å². The van der Waals surface area contributed by atoms with Crippen molar-refractivity contribution in [1.82, 2.24) is 20.4 Å². The van der Waals surface area contributed by atoms with Gasteiger partial charge in [-0.1, -0.05) is 13.8 Å². The minimum atomic E-state index is 0. The van der Waals surface area contributed by atoms with E-state index >= 15 is 0 Å². The van der Waals surface area contributed by atoms with Gasteiger partial charge in [-0.15, -0.1) is 24.0 Å². The molecule has 0 aromatic carbocycles. The molecule has 0 atom stereocenters. The Morgan fingerprint density at radius 2 is 1.64 bits per heavy atom. The highest BCUT2D eigenvalue weighted by atomic mass is 127. The standard InChI is InChI=1S/C16H35N5.HI/c1-4-9-18-16(17-5-2)19-10-7-8-11-21-14-12-20(6-3)13-15-21;/h4-15H2,1-3H3,(H2,17,18,19);1H. The van der Waals surface area contributed by atoms with Crippen LogP contribution in [0.15, 0.2) is 4.99 Å². The third-order valence-corrected chi connectivity index (χ3v) is 3.94. The van der Waals surface area contributed by atoms with Crippen LogP contribution in [0.5, 0.6) is 0 Å². The van der Waals surface area contributed by atoms with E-state index in [2.05, 4.69) is 46.2 Å². The first-order valence-electron chi connectivity index (χ1n) is 8.77. The van der Waals surface area contributed by atoms with E-state index in [-0.39, 0.29) is 24.0 Å². The Morgan fingerprint density at radius 1 is 0.955 bits per heavy atom. The second kappa shape index (κ2) is 14.5. The number of guanidine groups is 1. The summed E-state index contributed by atoms with van der Waals surface area (Å²) < 4.78 is 0. The number of likely N-dealkylation sites (N-methyl/N-ethyl adjacent to an activating group) is 1. The fraction of sp³-hybridized carbons (Fsp3) is 0.938. The Bertz CT molecular complexity index is 278. The lowest BCUT2D eigenvalue weighted by Gasteiger charge is -2.34. The minimum absolute atomic E-state index is 0. The lowest BCUT2D eigenvalue weighted by molar-refractivity contribution is 0.136. The van der Waals surface area contributed by atoms with Crippen molar-refractivity contribution >= 4 is 29.9 Å². The van der Waals surface area contributed by atoms with E-state index < -0.39 is 0 Å². The van der Waals surface area contributed by atoms with E-state index in [4.69, 9.17) is 0 Å². The number of hydrogen-bond acceptors (Lipinski definition) is 3. The number of nitrogens with one attached hydrogen (secondary N) is 2. The fourth-order valence-electron chi connectivity index (χ4n) is 2.56. The van der Waals surface area contributed by atoms with Crippen molar-refractivity contribution in [3.63, 3.8) is 0 Å². The van der Waals surface area contributed by atoms with Crippen molar-refractivity contribution in [2.75, 3.05) is 58.9 Å². The van der Waals surface area contributed by atoms with Gasteiger partial charge in [-0.25, -0.2) is 0 Å². The number of nitrogens with zero attached hydrogens (tertiary/aromatic N) is 3. The van der Waals surface area contributed by atoms with Gasteiger partial charge >= 0.3 is 0 Å². The predicted molar refractivity (Wildman–Crippen MR) is 107 cm³/mol. The summed E-state index contributed by atoms with van der Waals surface area (Å²) in [5.41, 5.74) is 0. The molecule has 0 aromatic heterocycles. The van der Waals surface area contributed by atoms with Crippen LogP contribution in [0.4, 0.5) is 0 Å². The molecule has 132 valence electrons. The number of rotatable bonds is 9. The molecule has 6 heteroatoms. The van der Waals surface area contributed by atoms with Crippen LogP contribution < -0.4 is 10.6 Å². The molecule has 1 aliphatic rings. The molecule has 1 saturated heterocycles. The number of piperazine rings is 1. The summed E-state index contributed by atoms with van der Waals surface area (Å²) in [4.78, 5) is 9.65. The molecule has 22 heavy (non-hydrogen) atoms. The second-order valence-corrected chi connectivity index (χ2v) is 5.67. The molecule has 0 bridgehead atoms. The molecular weight excluding hydrogens is 389 g/mol. The molecule has 1 aliphatic heterocycles. The molecule has 1 heterocycles. The predicted octanol–water partition coefficient (Wildman–Crippen LogP) is 1.99. The van der Waals surface area contributed by atoms with Gasteiger partial charge in [0.05, 0.1) is 0 Å². The van der Waals surface area contributed by atoms with Gasteiger partial charge in [0.1, 0.15) is 0 Å². The van der Waals surface area contributed by atoms with E-state index in [1.807, 2.05) is 0 Å². The highest BCUT2D eigenvalue weighted by Crippen LogP contribution is 2.02. The van der Waals surface area contributed by atoms with Gasteiger partial charge in [-0.3, -0.25) is 4.99 Å². The Labute approximate surface area is 154 Å². The number of halogens is 1. The van der Waals surface area contributed by atoms with E-state index in [1.165, 1.54) is 52.1 Å². The Hall–Kier alpha value is -0.0800. The summed E-state index contributed by atoms with van der Waals surface area (Å²) >= 11 is 0. The zero-order valence-electron chi connectivity index (χ0n) is 14.7. The maximum atomic E-state index is 4.52. The van der Waals surface area contributed by atoms with Crippen LogP contribution in [0.2, 0.25) is 0 Å². The van der Waals surface area contributed by atoms with Crippen molar-refractivity contribution in [1.29, 1.82) is 0 Å². The summed E-state index contributed by atoms with van der Waals surface area (Å²) in [7, 11) is 0. The van der Waals surface area contributed by atoms with Crippen LogP contribution in [-0.2, 0) is 0 Å². The van der Waals surface area contributed by atoms with Gasteiger partial charge in [0, 0.05) is 45.8 Å². The lowest BCUT2D eigenvalue weighted by Crippen LogP contribution is -2.46. The monoisotopic (exact) mass is 425 g/mol. The van der Waals surface area contributed by atoms with Gasteiger partial charge in [-0.2, -0.15) is 0 Å². The van der Waals surface area contributed by atoms with E-state index in [0.717, 1.165) is 32.0 Å². The first kappa shape index (κ1) is 21.9. The quantitative estimate of drug-likeness (QED) is 0.257. The van der Waals surface area contributed by atoms with Crippen LogP contribution in [-0.4, -0.2) is 74.7 Å². The average Bonchev–Trinajstić information content (AvgIpc) is 2.52. The van der Waals surface area contributed by atoms with E-state index in [0.29, 0.717) is 0 Å². The zero-order chi connectivity index (χ0) is 15.3. The molecule has 1 rings (SSSR count). The van der Waals surface area contributed by atoms with Crippen molar-refractivity contribution in [2.45, 2.75) is 40.0 Å². The van der Waals surface area contributed by atoms with Crippen LogP contribution in [0, 0.1) is 0 Å². The van der Waals surface area contributed by atoms with Gasteiger partial charge in [-0.05, 0) is 39.3 Å². The Kier molecular flexibility index (Phi) is 14.5. The third-order valence-electron chi connectivity index (χ3n) is 3.94. The van der Waals surface area contributed by atoms with E-state index in [9.17, 15) is 0 Å². The molecule has 0 amide bonds. The minimum Gasteiger partial charge on any atom is -0.357 e. The maximum absolute atomic E-state index is 4.52. The second-order valence-electron chi connectivity index (χ2n) is 5.67. The fourth-order valence-corrected chi connectivity index (χ4v) is 2.56. The highest BCUT2D eigenvalue weighted by Gasteiger charge is 2.14. The van der Waals surface area contributed by atoms with Crippen LogP contribution in [0.3, 0.4) is 0 Å². The summed E-state index contributed by atoms with van der Waals surface area (Å²) in [5.74, 6) is 0.968. The van der Waals surface area contributed by atoms with Crippen molar-refractivity contribution in [3.05, 3.63) is 0 Å². The number of hydrogen-bond donors (Lipinski definition) is 2. The van der Waals surface area contributed by atoms with E-state index in [1.54, 1.807) is 0 Å². The summed E-state index contributed by atoms with van der Waals surface area (Å²) in [6, 6.07) is 0. The molecule has 2 N–H and O–H groups in total. The molecule has 5 nitrogen and oxygen atoms in total. The van der Waals surface area contributed by atoms with Crippen LogP contribution >= 0.6 is 24.0 Å². The summed E-state index contributed by atoms with van der Waals surface area (Å²) in [5, 5.41) is 6.71. The normalized spacial score (nSPS) is 17.1. The first-order chi connectivity index (χ1) is 10.3. The summed E-state index contributed by atoms with van der Waals surface area (Å²) in [6.45, 7) is 16.8. The molecule has 0 aromatic rings. The summed E-state index contributed by atoms with van der Waals surface area (Å²) in [6.07, 6.45) is 3.58. The van der Waals surface area contributed by atoms with Crippen molar-refractivity contribution in [3.8, 4) is 0 Å². The molecule has 1 fully saturated rings. The Balaban J connectivity index is 0.00000441. The van der Waals surface area contributed by atoms with Gasteiger partial charge in [0.2, 0.25) is 0 Å². The van der Waals surface area contributed by atoms with Gasteiger partial charge < -0.3 is 20.4 Å². The van der Waals surface area contributed by atoms with Gasteiger partial charge in [0.15, 0.2) is 5.96 Å².